The van der Waals surface area contributed by atoms with E-state index in [0.29, 0.717) is 19.1 Å². The molecular weight excluding hydrogens is 240 g/mol. The van der Waals surface area contributed by atoms with Gasteiger partial charge in [0.1, 0.15) is 6.10 Å². The van der Waals surface area contributed by atoms with E-state index in [2.05, 4.69) is 30.5 Å². The van der Waals surface area contributed by atoms with E-state index in [1.165, 1.54) is 0 Å². The van der Waals surface area contributed by atoms with Gasteiger partial charge in [0.15, 0.2) is 0 Å². The number of hydrogen-bond acceptors (Lipinski definition) is 3. The van der Waals surface area contributed by atoms with Crippen LogP contribution in [0.3, 0.4) is 0 Å². The zero-order chi connectivity index (χ0) is 13.8. The molecule has 0 radical (unpaired) electrons. The van der Waals surface area contributed by atoms with Gasteiger partial charge in [-0.2, -0.15) is 0 Å². The second kappa shape index (κ2) is 6.17. The molecule has 1 aliphatic rings. The predicted molar refractivity (Wildman–Crippen MR) is 76.5 cm³/mol. The van der Waals surface area contributed by atoms with Crippen LogP contribution in [0.4, 0.5) is 5.69 Å². The van der Waals surface area contributed by atoms with Crippen LogP contribution >= 0.6 is 0 Å². The van der Waals surface area contributed by atoms with E-state index in [9.17, 15) is 4.79 Å². The number of benzene rings is 1. The molecule has 0 aliphatic carbocycles. The Morgan fingerprint density at radius 2 is 2.26 bits per heavy atom. The normalized spacial score (nSPS) is 19.5. The molecule has 1 fully saturated rings. The first kappa shape index (κ1) is 14.0. The van der Waals surface area contributed by atoms with Crippen LogP contribution in [0.5, 0.6) is 0 Å². The van der Waals surface area contributed by atoms with Crippen LogP contribution < -0.4 is 10.6 Å². The Balaban J connectivity index is 2.15. The molecule has 1 heterocycles. The lowest BCUT2D eigenvalue weighted by atomic mass is 9.98. The van der Waals surface area contributed by atoms with E-state index in [4.69, 9.17) is 4.74 Å². The number of nitrogens with one attached hydrogen (secondary N) is 2. The van der Waals surface area contributed by atoms with Gasteiger partial charge in [0.25, 0.3) is 5.91 Å². The molecule has 104 valence electrons. The smallest absolute Gasteiger partial charge is 0.254 e. The van der Waals surface area contributed by atoms with Crippen molar-refractivity contribution in [3.8, 4) is 0 Å². The Morgan fingerprint density at radius 3 is 2.89 bits per heavy atom. The van der Waals surface area contributed by atoms with Gasteiger partial charge in [-0.05, 0) is 24.0 Å². The first-order valence-electron chi connectivity index (χ1n) is 6.82. The molecule has 2 N–H and O–H groups in total. The Kier molecular flexibility index (Phi) is 4.56. The van der Waals surface area contributed by atoms with Gasteiger partial charge in [-0.15, -0.1) is 0 Å². The summed E-state index contributed by atoms with van der Waals surface area (Å²) in [7, 11) is 0. The van der Waals surface area contributed by atoms with E-state index in [0.717, 1.165) is 23.4 Å². The highest BCUT2D eigenvalue weighted by Gasteiger charge is 2.23. The summed E-state index contributed by atoms with van der Waals surface area (Å²) in [6, 6.07) is 6.10. The minimum Gasteiger partial charge on any atom is -0.366 e. The molecule has 0 bridgehead atoms. The summed E-state index contributed by atoms with van der Waals surface area (Å²) in [5.74, 6) is 0.309. The number of morpholine rings is 1. The lowest BCUT2D eigenvalue weighted by Gasteiger charge is -2.24. The summed E-state index contributed by atoms with van der Waals surface area (Å²) < 4.78 is 5.48. The summed E-state index contributed by atoms with van der Waals surface area (Å²) in [6.45, 7) is 8.25. The number of carbonyl (C=O) groups excluding carboxylic acids is 1. The minimum absolute atomic E-state index is 0.0663. The van der Waals surface area contributed by atoms with Crippen molar-refractivity contribution in [2.24, 2.45) is 0 Å². The SMILES string of the molecule is Cc1cccc(C(C)C)c1NC(=O)C1CNCCO1. The topological polar surface area (TPSA) is 50.4 Å². The zero-order valence-electron chi connectivity index (χ0n) is 11.8. The lowest BCUT2D eigenvalue weighted by Crippen LogP contribution is -2.45. The van der Waals surface area contributed by atoms with Crippen molar-refractivity contribution in [2.75, 3.05) is 25.0 Å². The largest absolute Gasteiger partial charge is 0.366 e. The van der Waals surface area contributed by atoms with E-state index in [-0.39, 0.29) is 5.91 Å². The van der Waals surface area contributed by atoms with Crippen molar-refractivity contribution in [2.45, 2.75) is 32.8 Å². The van der Waals surface area contributed by atoms with Crippen LogP contribution in [0.25, 0.3) is 0 Å². The third kappa shape index (κ3) is 3.33. The van der Waals surface area contributed by atoms with Gasteiger partial charge >= 0.3 is 0 Å². The molecule has 2 rings (SSSR count). The molecule has 19 heavy (non-hydrogen) atoms. The van der Waals surface area contributed by atoms with Crippen LogP contribution in [0.15, 0.2) is 18.2 Å². The number of rotatable bonds is 3. The predicted octanol–water partition coefficient (Wildman–Crippen LogP) is 2.05. The molecule has 0 saturated carbocycles. The fourth-order valence-electron chi connectivity index (χ4n) is 2.28. The van der Waals surface area contributed by atoms with Crippen LogP contribution in [0.2, 0.25) is 0 Å². The van der Waals surface area contributed by atoms with Gasteiger partial charge in [-0.1, -0.05) is 32.0 Å². The van der Waals surface area contributed by atoms with Crippen LogP contribution in [-0.2, 0) is 9.53 Å². The van der Waals surface area contributed by atoms with Crippen molar-refractivity contribution in [3.05, 3.63) is 29.3 Å². The Hall–Kier alpha value is -1.39. The third-order valence-corrected chi connectivity index (χ3v) is 3.40. The van der Waals surface area contributed by atoms with Gasteiger partial charge in [0, 0.05) is 18.8 Å². The van der Waals surface area contributed by atoms with Crippen LogP contribution in [0, 0.1) is 6.92 Å². The highest BCUT2D eigenvalue weighted by atomic mass is 16.5. The average Bonchev–Trinajstić information content (AvgIpc) is 2.41. The molecule has 1 aliphatic heterocycles. The molecule has 0 aromatic heterocycles. The number of aryl methyl sites for hydroxylation is 1. The summed E-state index contributed by atoms with van der Waals surface area (Å²) in [5, 5.41) is 6.19. The molecule has 1 saturated heterocycles. The van der Waals surface area contributed by atoms with E-state index < -0.39 is 6.10 Å². The van der Waals surface area contributed by atoms with Crippen LogP contribution in [0.1, 0.15) is 30.9 Å². The second-order valence-electron chi connectivity index (χ2n) is 5.25. The molecule has 0 spiro atoms. The van der Waals surface area contributed by atoms with Gasteiger partial charge in [-0.3, -0.25) is 4.79 Å². The minimum atomic E-state index is -0.395. The zero-order valence-corrected chi connectivity index (χ0v) is 11.8. The second-order valence-corrected chi connectivity index (χ2v) is 5.25. The molecule has 1 amide bonds. The number of carbonyl (C=O) groups is 1. The molecule has 4 nitrogen and oxygen atoms in total. The summed E-state index contributed by atoms with van der Waals surface area (Å²) in [4.78, 5) is 12.2. The van der Waals surface area contributed by atoms with Crippen molar-refractivity contribution >= 4 is 11.6 Å². The highest BCUT2D eigenvalue weighted by molar-refractivity contribution is 5.95. The van der Waals surface area contributed by atoms with E-state index in [1.54, 1.807) is 0 Å². The third-order valence-electron chi connectivity index (χ3n) is 3.40. The van der Waals surface area contributed by atoms with Crippen molar-refractivity contribution in [3.63, 3.8) is 0 Å². The monoisotopic (exact) mass is 262 g/mol. The number of amides is 1. The fourth-order valence-corrected chi connectivity index (χ4v) is 2.28. The number of ether oxygens (including phenoxy) is 1. The summed E-state index contributed by atoms with van der Waals surface area (Å²) in [6.07, 6.45) is -0.395. The first-order chi connectivity index (χ1) is 9.09. The molecule has 1 aromatic rings. The van der Waals surface area contributed by atoms with Gasteiger partial charge in [0.05, 0.1) is 6.61 Å². The van der Waals surface area contributed by atoms with E-state index in [1.807, 2.05) is 19.1 Å². The quantitative estimate of drug-likeness (QED) is 0.876. The van der Waals surface area contributed by atoms with Gasteiger partial charge in [-0.25, -0.2) is 0 Å². The lowest BCUT2D eigenvalue weighted by molar-refractivity contribution is -0.128. The highest BCUT2D eigenvalue weighted by Crippen LogP contribution is 2.27. The molecular formula is C15H22N2O2. The fraction of sp³-hybridized carbons (Fsp3) is 0.533. The Morgan fingerprint density at radius 1 is 1.47 bits per heavy atom. The standard InChI is InChI=1S/C15H22N2O2/c1-10(2)12-6-4-5-11(3)14(12)17-15(18)13-9-16-7-8-19-13/h4-6,10,13,16H,7-9H2,1-3H3,(H,17,18). The number of anilines is 1. The van der Waals surface area contributed by atoms with Crippen molar-refractivity contribution < 1.29 is 9.53 Å². The molecule has 1 atom stereocenters. The molecule has 1 aromatic carbocycles. The van der Waals surface area contributed by atoms with Gasteiger partial charge in [0.2, 0.25) is 0 Å². The van der Waals surface area contributed by atoms with Gasteiger partial charge < -0.3 is 15.4 Å². The summed E-state index contributed by atoms with van der Waals surface area (Å²) in [5.41, 5.74) is 3.18. The Labute approximate surface area is 114 Å². The Bertz CT molecular complexity index is 451. The van der Waals surface area contributed by atoms with Crippen molar-refractivity contribution in [1.82, 2.24) is 5.32 Å². The maximum Gasteiger partial charge on any atom is 0.254 e. The average molecular weight is 262 g/mol. The number of para-hydroxylation sites is 1. The van der Waals surface area contributed by atoms with E-state index >= 15 is 0 Å². The van der Waals surface area contributed by atoms with Crippen LogP contribution in [-0.4, -0.2) is 31.7 Å². The maximum absolute atomic E-state index is 12.2. The summed E-state index contributed by atoms with van der Waals surface area (Å²) >= 11 is 0. The molecule has 1 unspecified atom stereocenters. The number of hydrogen-bond donors (Lipinski definition) is 2. The molecule has 4 heteroatoms. The maximum atomic E-state index is 12.2. The first-order valence-corrected chi connectivity index (χ1v) is 6.82. The van der Waals surface area contributed by atoms with Crippen molar-refractivity contribution in [1.29, 1.82) is 0 Å².